The van der Waals surface area contributed by atoms with Crippen LogP contribution in [0.25, 0.3) is 0 Å². The van der Waals surface area contributed by atoms with Crippen LogP contribution in [-0.4, -0.2) is 17.9 Å². The normalized spacial score (nSPS) is 23.1. The summed E-state index contributed by atoms with van der Waals surface area (Å²) in [6.07, 6.45) is 1.68. The van der Waals surface area contributed by atoms with Crippen LogP contribution in [0.5, 0.6) is 0 Å². The number of aliphatic hydroxyl groups excluding tert-OH is 1. The first-order chi connectivity index (χ1) is 5.63. The second kappa shape index (κ2) is 5.95. The molecule has 2 heteroatoms. The molecule has 0 aromatic carbocycles. The molecule has 0 radical (unpaired) electrons. The molecule has 1 fully saturated rings. The number of allylic oxidation sites excluding steroid dienone is 2. The van der Waals surface area contributed by atoms with Crippen LogP contribution < -0.4 is 0 Å². The molecule has 1 rings (SSSR count). The summed E-state index contributed by atoms with van der Waals surface area (Å²) >= 11 is 0. The number of hydrogen-bond acceptors (Lipinski definition) is 1. The fourth-order valence-electron chi connectivity index (χ4n) is 1.05. The van der Waals surface area contributed by atoms with Crippen molar-refractivity contribution < 1.29 is 9.50 Å². The second-order valence-corrected chi connectivity index (χ2v) is 2.80. The summed E-state index contributed by atoms with van der Waals surface area (Å²) in [5.74, 6) is 0. The first kappa shape index (κ1) is 11.4. The van der Waals surface area contributed by atoms with Crippen molar-refractivity contribution in [3.8, 4) is 0 Å². The van der Waals surface area contributed by atoms with Gasteiger partial charge < -0.3 is 5.11 Å². The van der Waals surface area contributed by atoms with E-state index in [2.05, 4.69) is 13.2 Å². The monoisotopic (exact) mass is 172 g/mol. The Balaban J connectivity index is 0.000000354. The van der Waals surface area contributed by atoms with Gasteiger partial charge in [0.15, 0.2) is 0 Å². The number of halogens is 1. The molecule has 1 N–H and O–H groups in total. The maximum absolute atomic E-state index is 12.7. The molecule has 0 saturated heterocycles. The smallest absolute Gasteiger partial charge is 0.125 e. The third-order valence-electron chi connectivity index (χ3n) is 1.77. The Kier molecular flexibility index (Phi) is 5.64. The average molecular weight is 172 g/mol. The van der Waals surface area contributed by atoms with Gasteiger partial charge in [-0.3, -0.25) is 0 Å². The van der Waals surface area contributed by atoms with E-state index in [1.165, 1.54) is 0 Å². The lowest BCUT2D eigenvalue weighted by atomic mass is 9.90. The van der Waals surface area contributed by atoms with Crippen LogP contribution in [0.3, 0.4) is 0 Å². The van der Waals surface area contributed by atoms with E-state index in [0.717, 1.165) is 18.4 Å². The minimum atomic E-state index is -0.814. The van der Waals surface area contributed by atoms with Gasteiger partial charge in [-0.15, -0.1) is 0 Å². The van der Waals surface area contributed by atoms with Crippen LogP contribution in [-0.2, 0) is 0 Å². The van der Waals surface area contributed by atoms with E-state index in [0.29, 0.717) is 12.0 Å². The molecule has 0 heterocycles. The van der Waals surface area contributed by atoms with Crippen molar-refractivity contribution in [2.24, 2.45) is 0 Å². The zero-order chi connectivity index (χ0) is 9.56. The number of alkyl halides is 1. The number of rotatable bonds is 0. The van der Waals surface area contributed by atoms with E-state index in [-0.39, 0.29) is 6.61 Å². The quantitative estimate of drug-likeness (QED) is 0.595. The first-order valence-electron chi connectivity index (χ1n) is 4.25. The van der Waals surface area contributed by atoms with E-state index < -0.39 is 6.17 Å². The third-order valence-corrected chi connectivity index (χ3v) is 1.77. The molecule has 1 saturated carbocycles. The molecule has 70 valence electrons. The Morgan fingerprint density at radius 2 is 2.08 bits per heavy atom. The highest BCUT2D eigenvalue weighted by atomic mass is 19.1. The Morgan fingerprint density at radius 3 is 2.42 bits per heavy atom. The second-order valence-electron chi connectivity index (χ2n) is 2.80. The van der Waals surface area contributed by atoms with Crippen molar-refractivity contribution in [3.05, 3.63) is 24.3 Å². The molecular weight excluding hydrogens is 155 g/mol. The molecular formula is C10H17FO. The van der Waals surface area contributed by atoms with Crippen molar-refractivity contribution in [1.29, 1.82) is 0 Å². The Labute approximate surface area is 73.6 Å². The molecule has 0 spiro atoms. The van der Waals surface area contributed by atoms with Crippen LogP contribution in [0.2, 0.25) is 0 Å². The maximum atomic E-state index is 12.7. The van der Waals surface area contributed by atoms with Crippen molar-refractivity contribution in [3.63, 3.8) is 0 Å². The van der Waals surface area contributed by atoms with Gasteiger partial charge in [0.1, 0.15) is 6.17 Å². The fourth-order valence-corrected chi connectivity index (χ4v) is 1.05. The molecule has 0 bridgehead atoms. The summed E-state index contributed by atoms with van der Waals surface area (Å²) in [6, 6.07) is 0. The molecule has 0 amide bonds. The van der Waals surface area contributed by atoms with Gasteiger partial charge in [-0.1, -0.05) is 13.2 Å². The summed E-state index contributed by atoms with van der Waals surface area (Å²) in [5, 5.41) is 7.57. The summed E-state index contributed by atoms with van der Waals surface area (Å²) in [6.45, 7) is 9.24. The summed E-state index contributed by atoms with van der Waals surface area (Å²) < 4.78 is 12.7. The highest BCUT2D eigenvalue weighted by Crippen LogP contribution is 2.28. The van der Waals surface area contributed by atoms with Crippen LogP contribution in [0.4, 0.5) is 4.39 Å². The highest BCUT2D eigenvalue weighted by Gasteiger charge is 2.18. The minimum absolute atomic E-state index is 0.250. The van der Waals surface area contributed by atoms with Crippen LogP contribution in [0.1, 0.15) is 26.2 Å². The molecule has 1 aliphatic rings. The van der Waals surface area contributed by atoms with Crippen molar-refractivity contribution in [1.82, 2.24) is 0 Å². The average Bonchev–Trinajstić information content (AvgIpc) is 2.02. The third kappa shape index (κ3) is 3.67. The number of hydrogen-bond donors (Lipinski definition) is 1. The molecule has 12 heavy (non-hydrogen) atoms. The lowest BCUT2D eigenvalue weighted by molar-refractivity contribution is 0.318. The van der Waals surface area contributed by atoms with Gasteiger partial charge in [-0.25, -0.2) is 4.39 Å². The molecule has 1 nitrogen and oxygen atoms in total. The van der Waals surface area contributed by atoms with E-state index >= 15 is 0 Å². The largest absolute Gasteiger partial charge is 0.397 e. The van der Waals surface area contributed by atoms with Gasteiger partial charge in [-0.05, 0) is 37.3 Å². The fraction of sp³-hybridized carbons (Fsp3) is 0.600. The van der Waals surface area contributed by atoms with Gasteiger partial charge in [-0.2, -0.15) is 0 Å². The topological polar surface area (TPSA) is 20.2 Å². The molecule has 0 aromatic heterocycles. The summed E-state index contributed by atoms with van der Waals surface area (Å²) in [7, 11) is 0. The van der Waals surface area contributed by atoms with Crippen LogP contribution in [0.15, 0.2) is 24.3 Å². The zero-order valence-corrected chi connectivity index (χ0v) is 7.65. The molecule has 1 atom stereocenters. The minimum Gasteiger partial charge on any atom is -0.397 e. The summed E-state index contributed by atoms with van der Waals surface area (Å²) in [4.78, 5) is 0. The highest BCUT2D eigenvalue weighted by molar-refractivity contribution is 5.30. The molecule has 1 aliphatic carbocycles. The van der Waals surface area contributed by atoms with E-state index in [1.807, 2.05) is 0 Å². The SMILES string of the molecule is C=C1CCCC(F)C1=C.CCO. The zero-order valence-electron chi connectivity index (χ0n) is 7.65. The lowest BCUT2D eigenvalue weighted by Crippen LogP contribution is -2.10. The standard InChI is InChI=1S/C8H11F.C2H6O/c1-6-4-3-5-8(9)7(6)2;1-2-3/h8H,1-5H2;3H,2H2,1H3. The van der Waals surface area contributed by atoms with Gasteiger partial charge in [0.2, 0.25) is 0 Å². The van der Waals surface area contributed by atoms with Crippen molar-refractivity contribution in [2.75, 3.05) is 6.61 Å². The van der Waals surface area contributed by atoms with Crippen LogP contribution in [0, 0.1) is 0 Å². The van der Waals surface area contributed by atoms with Gasteiger partial charge in [0, 0.05) is 6.61 Å². The first-order valence-corrected chi connectivity index (χ1v) is 4.25. The Hall–Kier alpha value is -0.630. The molecule has 0 aromatic rings. The predicted molar refractivity (Wildman–Crippen MR) is 49.8 cm³/mol. The molecule has 0 aliphatic heterocycles. The van der Waals surface area contributed by atoms with Crippen molar-refractivity contribution in [2.45, 2.75) is 32.4 Å². The lowest BCUT2D eigenvalue weighted by Gasteiger charge is -2.19. The number of aliphatic hydroxyl groups is 1. The molecule has 1 unspecified atom stereocenters. The van der Waals surface area contributed by atoms with Gasteiger partial charge in [0.25, 0.3) is 0 Å². The Bertz CT molecular complexity index is 163. The van der Waals surface area contributed by atoms with E-state index in [4.69, 9.17) is 5.11 Å². The van der Waals surface area contributed by atoms with Gasteiger partial charge in [0.05, 0.1) is 0 Å². The van der Waals surface area contributed by atoms with Crippen molar-refractivity contribution >= 4 is 0 Å². The van der Waals surface area contributed by atoms with E-state index in [1.54, 1.807) is 6.92 Å². The maximum Gasteiger partial charge on any atom is 0.125 e. The van der Waals surface area contributed by atoms with Gasteiger partial charge >= 0.3 is 0 Å². The summed E-state index contributed by atoms with van der Waals surface area (Å²) in [5.41, 5.74) is 1.51. The Morgan fingerprint density at radius 1 is 1.58 bits per heavy atom. The van der Waals surface area contributed by atoms with E-state index in [9.17, 15) is 4.39 Å². The van der Waals surface area contributed by atoms with Crippen LogP contribution >= 0.6 is 0 Å². The predicted octanol–water partition coefficient (Wildman–Crippen LogP) is 2.62.